The fourth-order valence-corrected chi connectivity index (χ4v) is 2.00. The van der Waals surface area contributed by atoms with Crippen LogP contribution in [0.4, 0.5) is 0 Å². The zero-order valence-corrected chi connectivity index (χ0v) is 11.0. The highest BCUT2D eigenvalue weighted by Gasteiger charge is 2.13. The average Bonchev–Trinajstić information content (AvgIpc) is 2.53. The van der Waals surface area contributed by atoms with Gasteiger partial charge in [-0.2, -0.15) is 5.10 Å². The van der Waals surface area contributed by atoms with Crippen LogP contribution in [0.15, 0.2) is 0 Å². The van der Waals surface area contributed by atoms with E-state index < -0.39 is 0 Å². The van der Waals surface area contributed by atoms with Crippen molar-refractivity contribution in [3.8, 4) is 0 Å². The third kappa shape index (κ3) is 3.08. The number of nitrogens with zero attached hydrogens (tertiary/aromatic N) is 2. The van der Waals surface area contributed by atoms with Crippen LogP contribution in [0.3, 0.4) is 0 Å². The number of halogens is 1. The number of aromatic nitrogens is 2. The summed E-state index contributed by atoms with van der Waals surface area (Å²) in [5.41, 5.74) is 1.84. The zero-order valence-electron chi connectivity index (χ0n) is 10.2. The van der Waals surface area contributed by atoms with E-state index in [2.05, 4.69) is 5.10 Å². The van der Waals surface area contributed by atoms with Crippen molar-refractivity contribution >= 4 is 17.4 Å². The number of hydrogen-bond donors (Lipinski definition) is 0. The van der Waals surface area contributed by atoms with E-state index in [1.165, 1.54) is 0 Å². The SMILES string of the molecule is CCCC(=O)CCc1c(Cl)c(C)nn1CC. The Morgan fingerprint density at radius 1 is 1.38 bits per heavy atom. The molecule has 0 fully saturated rings. The minimum atomic E-state index is 0.306. The zero-order chi connectivity index (χ0) is 12.1. The molecule has 0 saturated heterocycles. The lowest BCUT2D eigenvalue weighted by atomic mass is 10.1. The third-order valence-corrected chi connectivity index (χ3v) is 3.11. The molecule has 0 radical (unpaired) electrons. The maximum Gasteiger partial charge on any atom is 0.133 e. The van der Waals surface area contributed by atoms with Gasteiger partial charge < -0.3 is 0 Å². The second kappa shape index (κ2) is 6.04. The molecular weight excluding hydrogens is 224 g/mol. The van der Waals surface area contributed by atoms with Gasteiger partial charge in [0.2, 0.25) is 0 Å². The van der Waals surface area contributed by atoms with E-state index in [1.54, 1.807) is 0 Å². The van der Waals surface area contributed by atoms with Crippen LogP contribution in [0.1, 0.15) is 44.5 Å². The number of ketones is 1. The highest BCUT2D eigenvalue weighted by atomic mass is 35.5. The second-order valence-corrected chi connectivity index (χ2v) is 4.33. The van der Waals surface area contributed by atoms with Crippen LogP contribution in [0.25, 0.3) is 0 Å². The monoisotopic (exact) mass is 242 g/mol. The summed E-state index contributed by atoms with van der Waals surface area (Å²) in [5.74, 6) is 0.306. The van der Waals surface area contributed by atoms with Gasteiger partial charge in [0.25, 0.3) is 0 Å². The molecule has 1 heterocycles. The van der Waals surface area contributed by atoms with Crippen molar-refractivity contribution in [2.45, 2.75) is 53.0 Å². The van der Waals surface area contributed by atoms with Crippen molar-refractivity contribution in [1.82, 2.24) is 9.78 Å². The van der Waals surface area contributed by atoms with Crippen molar-refractivity contribution < 1.29 is 4.79 Å². The first-order valence-electron chi connectivity index (χ1n) is 5.83. The quantitative estimate of drug-likeness (QED) is 0.768. The Morgan fingerprint density at radius 3 is 2.62 bits per heavy atom. The van der Waals surface area contributed by atoms with Crippen molar-refractivity contribution in [1.29, 1.82) is 0 Å². The molecule has 16 heavy (non-hydrogen) atoms. The highest BCUT2D eigenvalue weighted by Crippen LogP contribution is 2.21. The number of aryl methyl sites for hydroxylation is 2. The van der Waals surface area contributed by atoms with Crippen LogP contribution >= 0.6 is 11.6 Å². The normalized spacial score (nSPS) is 10.8. The summed E-state index contributed by atoms with van der Waals surface area (Å²) >= 11 is 6.16. The fourth-order valence-electron chi connectivity index (χ4n) is 1.77. The highest BCUT2D eigenvalue weighted by molar-refractivity contribution is 6.31. The van der Waals surface area contributed by atoms with Gasteiger partial charge in [0.05, 0.1) is 16.4 Å². The van der Waals surface area contributed by atoms with Crippen LogP contribution in [-0.2, 0) is 17.8 Å². The van der Waals surface area contributed by atoms with Crippen LogP contribution in [0.2, 0.25) is 5.02 Å². The predicted molar refractivity (Wildman–Crippen MR) is 65.9 cm³/mol. The molecule has 0 spiro atoms. The summed E-state index contributed by atoms with van der Waals surface area (Å²) in [6.07, 6.45) is 2.85. The molecule has 0 aliphatic carbocycles. The minimum absolute atomic E-state index is 0.306. The first-order valence-corrected chi connectivity index (χ1v) is 6.21. The topological polar surface area (TPSA) is 34.9 Å². The van der Waals surface area contributed by atoms with Gasteiger partial charge in [-0.3, -0.25) is 9.48 Å². The molecule has 0 unspecified atom stereocenters. The Bertz CT molecular complexity index is 371. The van der Waals surface area contributed by atoms with E-state index in [0.717, 1.165) is 24.4 Å². The van der Waals surface area contributed by atoms with Crippen molar-refractivity contribution in [2.24, 2.45) is 0 Å². The van der Waals surface area contributed by atoms with Crippen LogP contribution in [-0.4, -0.2) is 15.6 Å². The summed E-state index contributed by atoms with van der Waals surface area (Å²) in [4.78, 5) is 11.5. The van der Waals surface area contributed by atoms with Crippen LogP contribution < -0.4 is 0 Å². The largest absolute Gasteiger partial charge is 0.300 e. The van der Waals surface area contributed by atoms with E-state index >= 15 is 0 Å². The molecule has 0 aliphatic heterocycles. The lowest BCUT2D eigenvalue weighted by molar-refractivity contribution is -0.119. The molecule has 1 aromatic heterocycles. The fraction of sp³-hybridized carbons (Fsp3) is 0.667. The second-order valence-electron chi connectivity index (χ2n) is 3.95. The summed E-state index contributed by atoms with van der Waals surface area (Å²) in [6, 6.07) is 0. The van der Waals surface area contributed by atoms with Crippen LogP contribution in [0, 0.1) is 6.92 Å². The molecule has 0 atom stereocenters. The Kier molecular flexibility index (Phi) is 5.00. The summed E-state index contributed by atoms with van der Waals surface area (Å²) in [5, 5.41) is 5.04. The number of Topliss-reactive ketones (excluding diaryl/α,β-unsaturated/α-hetero) is 1. The molecule has 90 valence electrons. The van der Waals surface area contributed by atoms with Gasteiger partial charge in [0.15, 0.2) is 0 Å². The van der Waals surface area contributed by atoms with Gasteiger partial charge in [0.1, 0.15) is 5.78 Å². The molecule has 0 aromatic carbocycles. The van der Waals surface area contributed by atoms with Crippen molar-refractivity contribution in [2.75, 3.05) is 0 Å². The third-order valence-electron chi connectivity index (χ3n) is 2.62. The Balaban J connectivity index is 2.69. The average molecular weight is 243 g/mol. The van der Waals surface area contributed by atoms with Crippen LogP contribution in [0.5, 0.6) is 0 Å². The molecule has 0 aliphatic rings. The van der Waals surface area contributed by atoms with Gasteiger partial charge >= 0.3 is 0 Å². The predicted octanol–water partition coefficient (Wildman–Crippen LogP) is 3.17. The summed E-state index contributed by atoms with van der Waals surface area (Å²) in [7, 11) is 0. The molecule has 0 N–H and O–H groups in total. The standard InChI is InChI=1S/C12H19ClN2O/c1-4-6-10(16)7-8-11-12(13)9(3)14-15(11)5-2/h4-8H2,1-3H3. The molecule has 0 saturated carbocycles. The van der Waals surface area contributed by atoms with E-state index in [-0.39, 0.29) is 0 Å². The maximum absolute atomic E-state index is 11.5. The van der Waals surface area contributed by atoms with E-state index in [9.17, 15) is 4.79 Å². The molecule has 0 amide bonds. The van der Waals surface area contributed by atoms with Gasteiger partial charge in [-0.25, -0.2) is 0 Å². The van der Waals surface area contributed by atoms with Gasteiger partial charge in [-0.1, -0.05) is 18.5 Å². The van der Waals surface area contributed by atoms with Gasteiger partial charge in [0, 0.05) is 19.4 Å². The van der Waals surface area contributed by atoms with Gasteiger partial charge in [-0.05, 0) is 26.7 Å². The van der Waals surface area contributed by atoms with Crippen molar-refractivity contribution in [3.05, 3.63) is 16.4 Å². The smallest absolute Gasteiger partial charge is 0.133 e. The minimum Gasteiger partial charge on any atom is -0.300 e. The number of carbonyl (C=O) groups excluding carboxylic acids is 1. The molecule has 3 nitrogen and oxygen atoms in total. The first-order chi connectivity index (χ1) is 7.60. The lowest BCUT2D eigenvalue weighted by Gasteiger charge is -2.04. The number of rotatable bonds is 6. The van der Waals surface area contributed by atoms with E-state index in [0.29, 0.717) is 30.1 Å². The van der Waals surface area contributed by atoms with E-state index in [1.807, 2.05) is 25.5 Å². The summed E-state index contributed by atoms with van der Waals surface area (Å²) in [6.45, 7) is 6.74. The molecule has 4 heteroatoms. The molecule has 0 bridgehead atoms. The van der Waals surface area contributed by atoms with Crippen molar-refractivity contribution in [3.63, 3.8) is 0 Å². The number of hydrogen-bond acceptors (Lipinski definition) is 2. The summed E-state index contributed by atoms with van der Waals surface area (Å²) < 4.78 is 1.89. The Morgan fingerprint density at radius 2 is 2.06 bits per heavy atom. The molecule has 1 rings (SSSR count). The van der Waals surface area contributed by atoms with E-state index in [4.69, 9.17) is 11.6 Å². The lowest BCUT2D eigenvalue weighted by Crippen LogP contribution is -2.06. The maximum atomic E-state index is 11.5. The molecular formula is C12H19ClN2O. The Hall–Kier alpha value is -0.830. The Labute approximate surface area is 102 Å². The molecule has 1 aromatic rings. The number of carbonyl (C=O) groups is 1. The first kappa shape index (κ1) is 13.2. The van der Waals surface area contributed by atoms with Gasteiger partial charge in [-0.15, -0.1) is 0 Å².